The second-order valence-corrected chi connectivity index (χ2v) is 9.61. The van der Waals surface area contributed by atoms with E-state index < -0.39 is 20.2 Å². The number of aryl methyl sites for hydroxylation is 2. The summed E-state index contributed by atoms with van der Waals surface area (Å²) in [4.78, 5) is 30.0. The van der Waals surface area contributed by atoms with E-state index in [1.165, 1.54) is 22.9 Å². The average molecular weight is 462 g/mol. The summed E-state index contributed by atoms with van der Waals surface area (Å²) in [5, 5.41) is 2.97. The Morgan fingerprint density at radius 2 is 1.79 bits per heavy atom. The van der Waals surface area contributed by atoms with Crippen LogP contribution in [0.4, 0.5) is 5.69 Å². The van der Waals surface area contributed by atoms with Crippen LogP contribution >= 0.6 is 0 Å². The summed E-state index contributed by atoms with van der Waals surface area (Å²) in [5.41, 5.74) is 1.98. The number of rotatable bonds is 6. The van der Waals surface area contributed by atoms with E-state index in [4.69, 9.17) is 0 Å². The molecule has 0 aliphatic rings. The Kier molecular flexibility index (Phi) is 6.11. The van der Waals surface area contributed by atoms with Gasteiger partial charge in [0.15, 0.2) is 0 Å². The average Bonchev–Trinajstić information content (AvgIpc) is 2.81. The van der Waals surface area contributed by atoms with Crippen LogP contribution in [0, 0.1) is 6.92 Å². The Hall–Kier alpha value is -3.78. The molecule has 0 unspecified atom stereocenters. The third kappa shape index (κ3) is 4.56. The van der Waals surface area contributed by atoms with Gasteiger partial charge >= 0.3 is 0 Å². The molecule has 1 amide bonds. The Labute approximate surface area is 191 Å². The van der Waals surface area contributed by atoms with Crippen molar-refractivity contribution in [3.8, 4) is 0 Å². The van der Waals surface area contributed by atoms with E-state index >= 15 is 0 Å². The normalized spacial score (nSPS) is 11.5. The summed E-state index contributed by atoms with van der Waals surface area (Å²) in [7, 11) is -4.09. The zero-order valence-electron chi connectivity index (χ0n) is 18.3. The van der Waals surface area contributed by atoms with E-state index in [9.17, 15) is 18.0 Å². The van der Waals surface area contributed by atoms with E-state index in [0.29, 0.717) is 11.4 Å². The molecule has 0 spiro atoms. The number of nitrogens with zero attached hydrogens (tertiary/aromatic N) is 2. The Bertz CT molecular complexity index is 1510. The highest BCUT2D eigenvalue weighted by Gasteiger charge is 2.24. The van der Waals surface area contributed by atoms with Gasteiger partial charge in [0.1, 0.15) is 17.1 Å². The fourth-order valence-corrected chi connectivity index (χ4v) is 4.99. The minimum Gasteiger partial charge on any atom is -0.325 e. The number of anilines is 1. The molecule has 8 heteroatoms. The van der Waals surface area contributed by atoms with Crippen LogP contribution in [-0.4, -0.2) is 23.9 Å². The van der Waals surface area contributed by atoms with Crippen molar-refractivity contribution in [2.24, 2.45) is 0 Å². The van der Waals surface area contributed by atoms with Crippen LogP contribution in [-0.2, 0) is 27.6 Å². The van der Waals surface area contributed by atoms with Crippen molar-refractivity contribution < 1.29 is 13.2 Å². The van der Waals surface area contributed by atoms with Crippen LogP contribution in [0.25, 0.3) is 11.0 Å². The Balaban J connectivity index is 1.80. The molecule has 0 saturated heterocycles. The van der Waals surface area contributed by atoms with E-state index in [-0.39, 0.29) is 28.4 Å². The topological polar surface area (TPSA) is 98.1 Å². The molecule has 168 valence electrons. The van der Waals surface area contributed by atoms with Gasteiger partial charge in [-0.05, 0) is 55.3 Å². The molecule has 2 aromatic heterocycles. The first-order valence-corrected chi connectivity index (χ1v) is 12.0. The van der Waals surface area contributed by atoms with Crippen molar-refractivity contribution in [2.75, 3.05) is 5.32 Å². The molecule has 0 aliphatic carbocycles. The first kappa shape index (κ1) is 22.4. The molecule has 33 heavy (non-hydrogen) atoms. The van der Waals surface area contributed by atoms with Crippen LogP contribution < -0.4 is 10.7 Å². The van der Waals surface area contributed by atoms with Crippen molar-refractivity contribution in [1.29, 1.82) is 0 Å². The molecule has 0 atom stereocenters. The van der Waals surface area contributed by atoms with Crippen molar-refractivity contribution in [2.45, 2.75) is 36.6 Å². The number of amides is 1. The molecule has 2 aromatic carbocycles. The van der Waals surface area contributed by atoms with Gasteiger partial charge in [0.2, 0.25) is 21.2 Å². The minimum atomic E-state index is -4.09. The number of carbonyl (C=O) groups is 1. The van der Waals surface area contributed by atoms with Crippen molar-refractivity contribution in [3.05, 3.63) is 94.4 Å². The van der Waals surface area contributed by atoms with Crippen LogP contribution in [0.2, 0.25) is 0 Å². The molecular formula is C25H23N3O4S. The molecule has 1 N–H and O–H groups in total. The summed E-state index contributed by atoms with van der Waals surface area (Å²) in [6.45, 7) is 3.58. The van der Waals surface area contributed by atoms with Gasteiger partial charge in [0.05, 0.1) is 10.3 Å². The van der Waals surface area contributed by atoms with Crippen molar-refractivity contribution in [3.63, 3.8) is 0 Å². The first-order chi connectivity index (χ1) is 15.8. The molecule has 0 saturated carbocycles. The van der Waals surface area contributed by atoms with Crippen molar-refractivity contribution >= 4 is 32.5 Å². The molecule has 4 rings (SSSR count). The first-order valence-electron chi connectivity index (χ1n) is 10.5. The number of aromatic nitrogens is 2. The SMILES string of the molecule is CCc1cccc(NC(=O)Cn2cc(S(=O)(=O)c3ccccc3)c(=O)c3ccc(C)nc32)c1. The lowest BCUT2D eigenvalue weighted by Crippen LogP contribution is -2.24. The maximum absolute atomic E-state index is 13.2. The van der Waals surface area contributed by atoms with Gasteiger partial charge in [-0.15, -0.1) is 0 Å². The molecule has 0 aliphatic heterocycles. The van der Waals surface area contributed by atoms with Gasteiger partial charge in [-0.2, -0.15) is 0 Å². The van der Waals surface area contributed by atoms with Gasteiger partial charge in [0.25, 0.3) is 0 Å². The molecule has 7 nitrogen and oxygen atoms in total. The van der Waals surface area contributed by atoms with E-state index in [0.717, 1.165) is 12.0 Å². The van der Waals surface area contributed by atoms with Crippen molar-refractivity contribution in [1.82, 2.24) is 9.55 Å². The quantitative estimate of drug-likeness (QED) is 0.472. The second kappa shape index (κ2) is 8.99. The highest BCUT2D eigenvalue weighted by Crippen LogP contribution is 2.21. The largest absolute Gasteiger partial charge is 0.325 e. The lowest BCUT2D eigenvalue weighted by Gasteiger charge is -2.14. The summed E-state index contributed by atoms with van der Waals surface area (Å²) < 4.78 is 27.9. The zero-order valence-corrected chi connectivity index (χ0v) is 19.1. The predicted octanol–water partition coefficient (Wildman–Crippen LogP) is 3.74. The third-order valence-corrected chi connectivity index (χ3v) is 7.07. The third-order valence-electron chi connectivity index (χ3n) is 5.30. The van der Waals surface area contributed by atoms with Gasteiger partial charge in [0, 0.05) is 17.6 Å². The molecule has 4 aromatic rings. The Morgan fingerprint density at radius 1 is 1.03 bits per heavy atom. The number of hydrogen-bond donors (Lipinski definition) is 1. The monoisotopic (exact) mass is 461 g/mol. The summed E-state index contributed by atoms with van der Waals surface area (Å²) >= 11 is 0. The molecule has 0 fully saturated rings. The predicted molar refractivity (Wildman–Crippen MR) is 127 cm³/mol. The number of carbonyl (C=O) groups excluding carboxylic acids is 1. The van der Waals surface area contributed by atoms with Crippen LogP contribution in [0.3, 0.4) is 0 Å². The minimum absolute atomic E-state index is 0.00824. The molecule has 2 heterocycles. The number of pyridine rings is 2. The van der Waals surface area contributed by atoms with Gasteiger partial charge < -0.3 is 9.88 Å². The standard InChI is InChI=1S/C25H23N3O4S/c1-3-18-8-7-9-19(14-18)27-23(29)16-28-15-22(33(31,32)20-10-5-4-6-11-20)24(30)21-13-12-17(2)26-25(21)28/h4-15H,3,16H2,1-2H3,(H,27,29). The summed E-state index contributed by atoms with van der Waals surface area (Å²) in [6.07, 6.45) is 2.04. The number of nitrogens with one attached hydrogen (secondary N) is 1. The molecule has 0 bridgehead atoms. The van der Waals surface area contributed by atoms with Crippen LogP contribution in [0.15, 0.2) is 87.5 Å². The lowest BCUT2D eigenvalue weighted by atomic mass is 10.1. The summed E-state index contributed by atoms with van der Waals surface area (Å²) in [6, 6.07) is 18.4. The molecular weight excluding hydrogens is 438 g/mol. The maximum atomic E-state index is 13.2. The number of fused-ring (bicyclic) bond motifs is 1. The number of hydrogen-bond acceptors (Lipinski definition) is 5. The van der Waals surface area contributed by atoms with Crippen LogP contribution in [0.1, 0.15) is 18.2 Å². The van der Waals surface area contributed by atoms with Gasteiger partial charge in [-0.1, -0.05) is 37.3 Å². The van der Waals surface area contributed by atoms with E-state index in [2.05, 4.69) is 10.3 Å². The fourth-order valence-electron chi connectivity index (χ4n) is 3.60. The summed E-state index contributed by atoms with van der Waals surface area (Å²) in [5.74, 6) is -0.362. The van der Waals surface area contributed by atoms with E-state index in [1.54, 1.807) is 43.3 Å². The smallest absolute Gasteiger partial charge is 0.244 e. The second-order valence-electron chi connectivity index (χ2n) is 7.69. The zero-order chi connectivity index (χ0) is 23.6. The molecule has 0 radical (unpaired) electrons. The van der Waals surface area contributed by atoms with Crippen LogP contribution in [0.5, 0.6) is 0 Å². The maximum Gasteiger partial charge on any atom is 0.244 e. The van der Waals surface area contributed by atoms with E-state index in [1.807, 2.05) is 25.1 Å². The highest BCUT2D eigenvalue weighted by molar-refractivity contribution is 7.91. The lowest BCUT2D eigenvalue weighted by molar-refractivity contribution is -0.116. The highest BCUT2D eigenvalue weighted by atomic mass is 32.2. The van der Waals surface area contributed by atoms with Gasteiger partial charge in [-0.25, -0.2) is 13.4 Å². The number of sulfone groups is 1. The fraction of sp³-hybridized carbons (Fsp3) is 0.160. The number of benzene rings is 2. The Morgan fingerprint density at radius 3 is 2.52 bits per heavy atom. The van der Waals surface area contributed by atoms with Gasteiger partial charge in [-0.3, -0.25) is 9.59 Å².